The third-order valence-electron chi connectivity index (χ3n) is 3.37. The van der Waals surface area contributed by atoms with Gasteiger partial charge in [0, 0.05) is 36.4 Å². The van der Waals surface area contributed by atoms with Crippen LogP contribution in [0, 0.1) is 0 Å². The van der Waals surface area contributed by atoms with E-state index in [0.29, 0.717) is 18.8 Å². The van der Waals surface area contributed by atoms with Gasteiger partial charge in [-0.05, 0) is 19.1 Å². The largest absolute Gasteiger partial charge is 0.381 e. The summed E-state index contributed by atoms with van der Waals surface area (Å²) in [6.45, 7) is 2.57. The van der Waals surface area contributed by atoms with Crippen LogP contribution in [-0.4, -0.2) is 41.7 Å². The van der Waals surface area contributed by atoms with Crippen molar-refractivity contribution in [3.63, 3.8) is 0 Å². The monoisotopic (exact) mass is 337 g/mol. The fraction of sp³-hybridized carbons (Fsp3) is 0.667. The first-order valence-corrected chi connectivity index (χ1v) is 8.35. The average molecular weight is 338 g/mol. The van der Waals surface area contributed by atoms with Gasteiger partial charge in [-0.1, -0.05) is 0 Å². The van der Waals surface area contributed by atoms with Gasteiger partial charge in [-0.3, -0.25) is 4.79 Å². The number of thiazole rings is 1. The van der Waals surface area contributed by atoms with Crippen molar-refractivity contribution >= 4 is 41.4 Å². The lowest BCUT2D eigenvalue weighted by atomic mass is 9.99. The number of rotatable bonds is 5. The Labute approximate surface area is 133 Å². The molecule has 0 aromatic carbocycles. The van der Waals surface area contributed by atoms with E-state index in [4.69, 9.17) is 10.5 Å². The number of hydrogen-bond donors (Lipinski definition) is 2. The van der Waals surface area contributed by atoms with Crippen molar-refractivity contribution in [3.05, 3.63) is 16.1 Å². The van der Waals surface area contributed by atoms with Crippen LogP contribution in [0.2, 0.25) is 0 Å². The van der Waals surface area contributed by atoms with E-state index in [1.54, 1.807) is 5.38 Å². The van der Waals surface area contributed by atoms with Gasteiger partial charge >= 0.3 is 0 Å². The maximum Gasteiger partial charge on any atom is 0.270 e. The smallest absolute Gasteiger partial charge is 0.270 e. The number of ether oxygens (including phenoxy) is 1. The molecule has 20 heavy (non-hydrogen) atoms. The van der Waals surface area contributed by atoms with Gasteiger partial charge in [0.15, 0.2) is 0 Å². The highest BCUT2D eigenvalue weighted by Crippen LogP contribution is 2.33. The molecule has 1 aromatic heterocycles. The van der Waals surface area contributed by atoms with E-state index < -0.39 is 0 Å². The number of halogens is 1. The fourth-order valence-electron chi connectivity index (χ4n) is 2.04. The van der Waals surface area contributed by atoms with Crippen LogP contribution in [0.1, 0.15) is 28.3 Å². The van der Waals surface area contributed by atoms with Crippen LogP contribution < -0.4 is 11.1 Å². The predicted octanol–water partition coefficient (Wildman–Crippen LogP) is 1.67. The molecule has 1 aliphatic heterocycles. The second-order valence-electron chi connectivity index (χ2n) is 4.51. The topological polar surface area (TPSA) is 77.2 Å². The number of hydrogen-bond acceptors (Lipinski definition) is 6. The number of nitrogens with one attached hydrogen (secondary N) is 1. The minimum absolute atomic E-state index is 0. The highest BCUT2D eigenvalue weighted by molar-refractivity contribution is 8.00. The Morgan fingerprint density at radius 2 is 2.30 bits per heavy atom. The number of carbonyl (C=O) groups is 1. The van der Waals surface area contributed by atoms with Crippen LogP contribution in [0.4, 0.5) is 0 Å². The van der Waals surface area contributed by atoms with Crippen LogP contribution in [0.3, 0.4) is 0 Å². The Kier molecular flexibility index (Phi) is 7.25. The summed E-state index contributed by atoms with van der Waals surface area (Å²) in [5, 5.41) is 5.53. The quantitative estimate of drug-likeness (QED) is 0.854. The van der Waals surface area contributed by atoms with Crippen LogP contribution in [-0.2, 0) is 11.3 Å². The lowest BCUT2D eigenvalue weighted by Crippen LogP contribution is -2.44. The summed E-state index contributed by atoms with van der Waals surface area (Å²) >= 11 is 3.23. The fourth-order valence-corrected chi connectivity index (χ4v) is 3.48. The van der Waals surface area contributed by atoms with Crippen LogP contribution in [0.15, 0.2) is 5.38 Å². The molecule has 1 amide bonds. The molecule has 8 heteroatoms. The molecular weight excluding hydrogens is 318 g/mol. The van der Waals surface area contributed by atoms with Gasteiger partial charge in [-0.15, -0.1) is 23.7 Å². The van der Waals surface area contributed by atoms with E-state index in [0.717, 1.165) is 31.1 Å². The van der Waals surface area contributed by atoms with Gasteiger partial charge in [-0.25, -0.2) is 4.98 Å². The van der Waals surface area contributed by atoms with Gasteiger partial charge < -0.3 is 15.8 Å². The number of aromatic nitrogens is 1. The number of carbonyl (C=O) groups excluding carboxylic acids is 1. The van der Waals surface area contributed by atoms with Gasteiger partial charge in [0.25, 0.3) is 5.91 Å². The van der Waals surface area contributed by atoms with Crippen LogP contribution >= 0.6 is 35.5 Å². The molecule has 114 valence electrons. The zero-order valence-corrected chi connectivity index (χ0v) is 13.8. The van der Waals surface area contributed by atoms with E-state index >= 15 is 0 Å². The summed E-state index contributed by atoms with van der Waals surface area (Å²) in [4.78, 5) is 16.2. The Morgan fingerprint density at radius 1 is 1.60 bits per heavy atom. The molecule has 2 heterocycles. The van der Waals surface area contributed by atoms with E-state index in [9.17, 15) is 4.79 Å². The summed E-state index contributed by atoms with van der Waals surface area (Å²) in [6, 6.07) is 0. The molecule has 2 rings (SSSR count). The summed E-state index contributed by atoms with van der Waals surface area (Å²) < 4.78 is 5.48. The summed E-state index contributed by atoms with van der Waals surface area (Å²) in [5.74, 6) is -0.115. The summed E-state index contributed by atoms with van der Waals surface area (Å²) in [5.41, 5.74) is 5.96. The molecule has 0 radical (unpaired) electrons. The Morgan fingerprint density at radius 3 is 2.85 bits per heavy atom. The third kappa shape index (κ3) is 4.33. The molecule has 0 unspecified atom stereocenters. The minimum atomic E-state index is -0.115. The minimum Gasteiger partial charge on any atom is -0.381 e. The molecule has 0 atom stereocenters. The second-order valence-corrected chi connectivity index (χ2v) is 6.73. The zero-order valence-electron chi connectivity index (χ0n) is 11.4. The number of nitrogens with zero attached hydrogens (tertiary/aromatic N) is 1. The Bertz CT molecular complexity index is 436. The molecule has 3 N–H and O–H groups in total. The molecule has 1 saturated heterocycles. The molecule has 5 nitrogen and oxygen atoms in total. The first kappa shape index (κ1) is 17.7. The number of thioether (sulfide) groups is 1. The van der Waals surface area contributed by atoms with Gasteiger partial charge in [0.1, 0.15) is 10.7 Å². The molecule has 0 saturated carbocycles. The molecule has 0 aliphatic carbocycles. The van der Waals surface area contributed by atoms with Gasteiger partial charge in [0.05, 0.1) is 0 Å². The van der Waals surface area contributed by atoms with Crippen molar-refractivity contribution in [2.45, 2.75) is 24.1 Å². The van der Waals surface area contributed by atoms with E-state index in [2.05, 4.69) is 16.6 Å². The molecule has 1 aliphatic rings. The van der Waals surface area contributed by atoms with E-state index in [1.165, 1.54) is 11.3 Å². The SMILES string of the molecule is CSC1(CNC(=O)c2csc(CN)n2)CCOCC1.Cl. The standard InChI is InChI=1S/C12H19N3O2S2.ClH/c1-18-12(2-4-17-5-3-12)8-14-11(16)9-7-19-10(6-13)15-9;/h7H,2-6,8,13H2,1H3,(H,14,16);1H. The first-order chi connectivity index (χ1) is 9.19. The molecule has 1 aromatic rings. The predicted molar refractivity (Wildman–Crippen MR) is 85.9 cm³/mol. The molecule has 1 fully saturated rings. The van der Waals surface area contributed by atoms with Crippen molar-refractivity contribution in [1.82, 2.24) is 10.3 Å². The normalized spacial score (nSPS) is 17.3. The van der Waals surface area contributed by atoms with E-state index in [-0.39, 0.29) is 23.1 Å². The van der Waals surface area contributed by atoms with Crippen molar-refractivity contribution < 1.29 is 9.53 Å². The highest BCUT2D eigenvalue weighted by atomic mass is 35.5. The number of nitrogens with two attached hydrogens (primary N) is 1. The van der Waals surface area contributed by atoms with E-state index in [1.807, 2.05) is 11.8 Å². The second kappa shape index (κ2) is 8.19. The number of amides is 1. The van der Waals surface area contributed by atoms with Gasteiger partial charge in [0.2, 0.25) is 0 Å². The summed E-state index contributed by atoms with van der Waals surface area (Å²) in [7, 11) is 0. The van der Waals surface area contributed by atoms with Gasteiger partial charge in [-0.2, -0.15) is 11.8 Å². The maximum absolute atomic E-state index is 12.0. The molecule has 0 spiro atoms. The molecular formula is C12H20ClN3O2S2. The Hall–Kier alpha value is -0.340. The van der Waals surface area contributed by atoms with Crippen LogP contribution in [0.25, 0.3) is 0 Å². The lowest BCUT2D eigenvalue weighted by Gasteiger charge is -2.35. The van der Waals surface area contributed by atoms with Crippen molar-refractivity contribution in [1.29, 1.82) is 0 Å². The van der Waals surface area contributed by atoms with Crippen molar-refractivity contribution in [2.75, 3.05) is 26.0 Å². The van der Waals surface area contributed by atoms with Crippen molar-refractivity contribution in [3.8, 4) is 0 Å². The third-order valence-corrected chi connectivity index (χ3v) is 5.66. The van der Waals surface area contributed by atoms with Crippen molar-refractivity contribution in [2.24, 2.45) is 5.73 Å². The lowest BCUT2D eigenvalue weighted by molar-refractivity contribution is 0.0741. The highest BCUT2D eigenvalue weighted by Gasteiger charge is 2.32. The maximum atomic E-state index is 12.0. The molecule has 0 bridgehead atoms. The zero-order chi connectivity index (χ0) is 13.7. The average Bonchev–Trinajstić information content (AvgIpc) is 2.95. The Balaban J connectivity index is 0.00000200. The summed E-state index contributed by atoms with van der Waals surface area (Å²) in [6.07, 6.45) is 4.03. The first-order valence-electron chi connectivity index (χ1n) is 6.25. The van der Waals surface area contributed by atoms with Crippen LogP contribution in [0.5, 0.6) is 0 Å².